The molecular formula is C25H22N4OS2. The van der Waals surface area contributed by atoms with E-state index in [1.165, 1.54) is 28.1 Å². The van der Waals surface area contributed by atoms with Crippen LogP contribution in [0.15, 0.2) is 60.0 Å². The van der Waals surface area contributed by atoms with Crippen LogP contribution >= 0.6 is 22.7 Å². The molecule has 7 heteroatoms. The number of benzene rings is 2. The minimum atomic E-state index is -0.254. The Morgan fingerprint density at radius 2 is 1.88 bits per heavy atom. The largest absolute Gasteiger partial charge is 0.397 e. The van der Waals surface area contributed by atoms with Crippen molar-refractivity contribution in [2.24, 2.45) is 5.92 Å². The molecule has 32 heavy (non-hydrogen) atoms. The average Bonchev–Trinajstić information content (AvgIpc) is 3.37. The summed E-state index contributed by atoms with van der Waals surface area (Å²) < 4.78 is 0. The molecule has 3 N–H and O–H groups in total. The van der Waals surface area contributed by atoms with Gasteiger partial charge in [-0.25, -0.2) is 9.97 Å². The summed E-state index contributed by atoms with van der Waals surface area (Å²) in [6.45, 7) is 4.32. The fraction of sp³-hybridized carbons (Fsp3) is 0.160. The second kappa shape index (κ2) is 8.33. The number of aromatic nitrogens is 2. The minimum Gasteiger partial charge on any atom is -0.397 e. The SMILES string of the molecule is CC(C)Cc1ccc2c(N)c(C(=O)Nc3nc(-c4ccc5ccccc5c4)cs3)sc2n1. The van der Waals surface area contributed by atoms with E-state index in [0.717, 1.165) is 39.0 Å². The third-order valence-electron chi connectivity index (χ3n) is 5.24. The van der Waals surface area contributed by atoms with Crippen molar-refractivity contribution >= 4 is 60.4 Å². The molecule has 160 valence electrons. The Kier molecular flexibility index (Phi) is 5.36. The topological polar surface area (TPSA) is 80.9 Å². The van der Waals surface area contributed by atoms with Crippen LogP contribution in [-0.2, 0) is 6.42 Å². The van der Waals surface area contributed by atoms with Crippen LogP contribution in [0.2, 0.25) is 0 Å². The van der Waals surface area contributed by atoms with Crippen LogP contribution in [-0.4, -0.2) is 15.9 Å². The first-order valence-corrected chi connectivity index (χ1v) is 12.1. The number of hydrogen-bond acceptors (Lipinski definition) is 6. The van der Waals surface area contributed by atoms with Crippen LogP contribution in [0.3, 0.4) is 0 Å². The molecule has 0 atom stereocenters. The maximum absolute atomic E-state index is 12.9. The summed E-state index contributed by atoms with van der Waals surface area (Å²) in [6, 6.07) is 18.4. The summed E-state index contributed by atoms with van der Waals surface area (Å²) in [5, 5.41) is 8.57. The molecule has 0 unspecified atom stereocenters. The van der Waals surface area contributed by atoms with Gasteiger partial charge in [-0.1, -0.05) is 50.2 Å². The maximum Gasteiger partial charge on any atom is 0.269 e. The molecule has 0 radical (unpaired) electrons. The summed E-state index contributed by atoms with van der Waals surface area (Å²) >= 11 is 2.73. The highest BCUT2D eigenvalue weighted by molar-refractivity contribution is 7.21. The minimum absolute atomic E-state index is 0.254. The Hall–Kier alpha value is -3.29. The van der Waals surface area contributed by atoms with E-state index in [9.17, 15) is 4.79 Å². The lowest BCUT2D eigenvalue weighted by molar-refractivity contribution is 0.103. The van der Waals surface area contributed by atoms with Crippen LogP contribution in [0.1, 0.15) is 29.2 Å². The number of nitrogens with two attached hydrogens (primary N) is 1. The molecule has 0 fully saturated rings. The number of anilines is 2. The number of amides is 1. The molecule has 0 spiro atoms. The van der Waals surface area contributed by atoms with Gasteiger partial charge in [0.15, 0.2) is 5.13 Å². The Morgan fingerprint density at radius 1 is 1.06 bits per heavy atom. The fourth-order valence-electron chi connectivity index (χ4n) is 3.70. The smallest absolute Gasteiger partial charge is 0.269 e. The highest BCUT2D eigenvalue weighted by atomic mass is 32.1. The van der Waals surface area contributed by atoms with Crippen molar-refractivity contribution in [1.82, 2.24) is 9.97 Å². The summed E-state index contributed by atoms with van der Waals surface area (Å²) in [5.74, 6) is 0.261. The molecule has 5 nitrogen and oxygen atoms in total. The van der Waals surface area contributed by atoms with E-state index in [1.807, 2.05) is 35.7 Å². The number of fused-ring (bicyclic) bond motifs is 2. The van der Waals surface area contributed by atoms with Gasteiger partial charge >= 0.3 is 0 Å². The predicted molar refractivity (Wildman–Crippen MR) is 136 cm³/mol. The average molecular weight is 459 g/mol. The van der Waals surface area contributed by atoms with Gasteiger partial charge in [-0.15, -0.1) is 22.7 Å². The van der Waals surface area contributed by atoms with Gasteiger partial charge in [0.2, 0.25) is 0 Å². The zero-order chi connectivity index (χ0) is 22.2. The van der Waals surface area contributed by atoms with E-state index in [2.05, 4.69) is 48.4 Å². The Labute approximate surface area is 194 Å². The molecule has 0 aliphatic rings. The summed E-state index contributed by atoms with van der Waals surface area (Å²) in [6.07, 6.45) is 0.895. The highest BCUT2D eigenvalue weighted by Gasteiger charge is 2.19. The van der Waals surface area contributed by atoms with E-state index >= 15 is 0 Å². The van der Waals surface area contributed by atoms with Crippen LogP contribution < -0.4 is 11.1 Å². The number of thiazole rings is 1. The fourth-order valence-corrected chi connectivity index (χ4v) is 5.42. The molecule has 3 heterocycles. The number of thiophene rings is 1. The number of rotatable bonds is 5. The number of carbonyl (C=O) groups excluding carboxylic acids is 1. The van der Waals surface area contributed by atoms with Gasteiger partial charge in [-0.3, -0.25) is 10.1 Å². The van der Waals surface area contributed by atoms with Gasteiger partial charge in [0.1, 0.15) is 9.71 Å². The van der Waals surface area contributed by atoms with Crippen LogP contribution in [0.25, 0.3) is 32.2 Å². The molecule has 1 amide bonds. The van der Waals surface area contributed by atoms with Gasteiger partial charge in [0.25, 0.3) is 5.91 Å². The molecule has 5 aromatic rings. The van der Waals surface area contributed by atoms with Gasteiger partial charge in [-0.05, 0) is 41.3 Å². The monoisotopic (exact) mass is 458 g/mol. The lowest BCUT2D eigenvalue weighted by Gasteiger charge is -2.03. The first kappa shape index (κ1) is 20.6. The molecule has 2 aromatic carbocycles. The third-order valence-corrected chi connectivity index (χ3v) is 7.12. The summed E-state index contributed by atoms with van der Waals surface area (Å²) in [5.41, 5.74) is 9.62. The summed E-state index contributed by atoms with van der Waals surface area (Å²) in [4.78, 5) is 23.5. The number of nitrogens with zero attached hydrogens (tertiary/aromatic N) is 2. The molecular weight excluding hydrogens is 436 g/mol. The van der Waals surface area contributed by atoms with Crippen LogP contribution in [0, 0.1) is 5.92 Å². The Bertz CT molecular complexity index is 1450. The Morgan fingerprint density at radius 3 is 2.69 bits per heavy atom. The molecule has 3 aromatic heterocycles. The van der Waals surface area contributed by atoms with Crippen molar-refractivity contribution in [2.75, 3.05) is 11.1 Å². The van der Waals surface area contributed by atoms with E-state index in [-0.39, 0.29) is 5.91 Å². The normalized spacial score (nSPS) is 11.5. The van der Waals surface area contributed by atoms with Gasteiger partial charge in [0.05, 0.1) is 11.4 Å². The Balaban J connectivity index is 1.38. The van der Waals surface area contributed by atoms with Crippen LogP contribution in [0.5, 0.6) is 0 Å². The number of nitrogen functional groups attached to an aromatic ring is 1. The second-order valence-electron chi connectivity index (χ2n) is 8.15. The van der Waals surface area contributed by atoms with Crippen molar-refractivity contribution in [3.05, 3.63) is 70.5 Å². The zero-order valence-corrected chi connectivity index (χ0v) is 19.4. The molecule has 0 aliphatic heterocycles. The zero-order valence-electron chi connectivity index (χ0n) is 17.8. The first-order valence-electron chi connectivity index (χ1n) is 10.4. The van der Waals surface area contributed by atoms with Crippen LogP contribution in [0.4, 0.5) is 10.8 Å². The second-order valence-corrected chi connectivity index (χ2v) is 10.0. The lowest BCUT2D eigenvalue weighted by Crippen LogP contribution is -2.11. The van der Waals surface area contributed by atoms with Gasteiger partial charge in [0, 0.05) is 22.0 Å². The first-order chi connectivity index (χ1) is 15.5. The molecule has 0 saturated carbocycles. The summed E-state index contributed by atoms with van der Waals surface area (Å²) in [7, 11) is 0. The predicted octanol–water partition coefficient (Wildman–Crippen LogP) is 6.61. The molecule has 0 bridgehead atoms. The van der Waals surface area contributed by atoms with Crippen molar-refractivity contribution in [3.8, 4) is 11.3 Å². The van der Waals surface area contributed by atoms with E-state index in [1.54, 1.807) is 0 Å². The standard InChI is InChI=1S/C25H22N4OS2/c1-14(2)11-18-9-10-19-21(26)22(32-24(19)27-18)23(30)29-25-28-20(13-31-25)17-8-7-15-5-3-4-6-16(15)12-17/h3-10,12-14H,11,26H2,1-2H3,(H,28,29,30). The van der Waals surface area contributed by atoms with Gasteiger partial charge < -0.3 is 5.73 Å². The lowest BCUT2D eigenvalue weighted by atomic mass is 10.1. The molecule has 5 rings (SSSR count). The van der Waals surface area contributed by atoms with Crippen molar-refractivity contribution < 1.29 is 4.79 Å². The highest BCUT2D eigenvalue weighted by Crippen LogP contribution is 2.34. The molecule has 0 saturated heterocycles. The van der Waals surface area contributed by atoms with Crippen molar-refractivity contribution in [3.63, 3.8) is 0 Å². The van der Waals surface area contributed by atoms with Crippen molar-refractivity contribution in [1.29, 1.82) is 0 Å². The van der Waals surface area contributed by atoms with E-state index in [0.29, 0.717) is 21.6 Å². The number of carbonyl (C=O) groups is 1. The maximum atomic E-state index is 12.9. The van der Waals surface area contributed by atoms with Crippen molar-refractivity contribution in [2.45, 2.75) is 20.3 Å². The number of hydrogen-bond donors (Lipinski definition) is 2. The quantitative estimate of drug-likeness (QED) is 0.311. The van der Waals surface area contributed by atoms with E-state index < -0.39 is 0 Å². The number of nitrogens with one attached hydrogen (secondary N) is 1. The number of pyridine rings is 1. The van der Waals surface area contributed by atoms with E-state index in [4.69, 9.17) is 10.7 Å². The molecule has 0 aliphatic carbocycles. The third kappa shape index (κ3) is 3.97. The van der Waals surface area contributed by atoms with Gasteiger partial charge in [-0.2, -0.15) is 0 Å².